The zero-order valence-corrected chi connectivity index (χ0v) is 13.1. The summed E-state index contributed by atoms with van der Waals surface area (Å²) in [5.74, 6) is 0.668. The molecule has 1 heterocycles. The van der Waals surface area contributed by atoms with Gasteiger partial charge in [-0.3, -0.25) is 4.98 Å². The lowest BCUT2D eigenvalue weighted by Crippen LogP contribution is -1.97. The molecule has 0 N–H and O–H groups in total. The van der Waals surface area contributed by atoms with Gasteiger partial charge in [0.25, 0.3) is 0 Å². The Balaban J connectivity index is 1.90. The molecule has 0 aliphatic carbocycles. The highest BCUT2D eigenvalue weighted by Gasteiger charge is 2.08. The van der Waals surface area contributed by atoms with Gasteiger partial charge >= 0.3 is 0 Å². The maximum atomic E-state index is 6.16. The number of benzene rings is 2. The molecule has 0 spiro atoms. The Morgan fingerprint density at radius 3 is 2.62 bits per heavy atom. The molecule has 0 saturated carbocycles. The Hall–Kier alpha value is -1.48. The number of aromatic nitrogens is 1. The van der Waals surface area contributed by atoms with E-state index in [1.807, 2.05) is 24.3 Å². The molecule has 3 aromatic rings. The van der Waals surface area contributed by atoms with Crippen molar-refractivity contribution in [1.82, 2.24) is 4.98 Å². The average molecular weight is 339 g/mol. The van der Waals surface area contributed by atoms with Crippen LogP contribution >= 0.6 is 34.8 Å². The highest BCUT2D eigenvalue weighted by Crippen LogP contribution is 2.30. The van der Waals surface area contributed by atoms with E-state index in [4.69, 9.17) is 39.5 Å². The van der Waals surface area contributed by atoms with Crippen LogP contribution in [-0.4, -0.2) is 4.98 Å². The maximum absolute atomic E-state index is 6.16. The second kappa shape index (κ2) is 6.10. The molecule has 3 rings (SSSR count). The van der Waals surface area contributed by atoms with Crippen molar-refractivity contribution in [3.05, 3.63) is 69.3 Å². The van der Waals surface area contributed by atoms with Gasteiger partial charge in [-0.15, -0.1) is 0 Å². The van der Waals surface area contributed by atoms with Gasteiger partial charge in [-0.25, -0.2) is 0 Å². The molecule has 21 heavy (non-hydrogen) atoms. The molecule has 0 aliphatic heterocycles. The van der Waals surface area contributed by atoms with Gasteiger partial charge in [-0.05, 0) is 36.4 Å². The summed E-state index contributed by atoms with van der Waals surface area (Å²) in [7, 11) is 0. The zero-order valence-electron chi connectivity index (χ0n) is 10.8. The van der Waals surface area contributed by atoms with E-state index in [9.17, 15) is 0 Å². The summed E-state index contributed by atoms with van der Waals surface area (Å²) >= 11 is 18.2. The van der Waals surface area contributed by atoms with Crippen LogP contribution in [0.4, 0.5) is 0 Å². The van der Waals surface area contributed by atoms with Crippen molar-refractivity contribution in [1.29, 1.82) is 0 Å². The number of nitrogens with zero attached hydrogens (tertiary/aromatic N) is 1. The fourth-order valence-electron chi connectivity index (χ4n) is 2.02. The van der Waals surface area contributed by atoms with Crippen LogP contribution in [0.2, 0.25) is 15.1 Å². The number of rotatable bonds is 3. The highest BCUT2D eigenvalue weighted by atomic mass is 35.5. The molecule has 0 atom stereocenters. The summed E-state index contributed by atoms with van der Waals surface area (Å²) in [6, 6.07) is 12.7. The molecule has 0 bridgehead atoms. The molecule has 0 aliphatic rings. The summed E-state index contributed by atoms with van der Waals surface area (Å²) in [6.07, 6.45) is 1.71. The van der Waals surface area contributed by atoms with Crippen molar-refractivity contribution in [2.75, 3.05) is 0 Å². The van der Waals surface area contributed by atoms with Crippen molar-refractivity contribution in [3.8, 4) is 5.75 Å². The smallest absolute Gasteiger partial charge is 0.146 e. The minimum Gasteiger partial charge on any atom is -0.487 e. The molecule has 106 valence electrons. The normalized spacial score (nSPS) is 10.8. The fraction of sp³-hybridized carbons (Fsp3) is 0.0625. The lowest BCUT2D eigenvalue weighted by Gasteiger charge is -2.10. The van der Waals surface area contributed by atoms with Crippen molar-refractivity contribution in [2.45, 2.75) is 6.61 Å². The molecular formula is C16H10Cl3NO. The number of halogens is 3. The van der Waals surface area contributed by atoms with Crippen LogP contribution in [0.15, 0.2) is 48.7 Å². The number of fused-ring (bicyclic) bond motifs is 1. The van der Waals surface area contributed by atoms with Crippen LogP contribution in [0.3, 0.4) is 0 Å². The molecule has 2 aromatic carbocycles. The number of hydrogen-bond acceptors (Lipinski definition) is 2. The Morgan fingerprint density at radius 1 is 0.952 bits per heavy atom. The minimum absolute atomic E-state index is 0.337. The number of hydrogen-bond donors (Lipinski definition) is 0. The predicted molar refractivity (Wildman–Crippen MR) is 87.5 cm³/mol. The van der Waals surface area contributed by atoms with Gasteiger partial charge in [0.1, 0.15) is 17.9 Å². The maximum Gasteiger partial charge on any atom is 0.146 e. The minimum atomic E-state index is 0.337. The second-order valence-electron chi connectivity index (χ2n) is 4.47. The van der Waals surface area contributed by atoms with Gasteiger partial charge in [-0.2, -0.15) is 0 Å². The molecule has 0 unspecified atom stereocenters. The van der Waals surface area contributed by atoms with E-state index < -0.39 is 0 Å². The van der Waals surface area contributed by atoms with Gasteiger partial charge in [0.05, 0.1) is 5.02 Å². The van der Waals surface area contributed by atoms with Crippen LogP contribution in [0.25, 0.3) is 10.9 Å². The Bertz CT molecular complexity index is 805. The third kappa shape index (κ3) is 3.08. The topological polar surface area (TPSA) is 22.1 Å². The van der Waals surface area contributed by atoms with Crippen molar-refractivity contribution < 1.29 is 4.74 Å². The summed E-state index contributed by atoms with van der Waals surface area (Å²) < 4.78 is 5.83. The van der Waals surface area contributed by atoms with Crippen LogP contribution < -0.4 is 4.74 Å². The largest absolute Gasteiger partial charge is 0.487 e. The molecule has 0 saturated heterocycles. The lowest BCUT2D eigenvalue weighted by atomic mass is 10.2. The van der Waals surface area contributed by atoms with Gasteiger partial charge < -0.3 is 4.74 Å². The molecule has 0 fully saturated rings. The first-order valence-corrected chi connectivity index (χ1v) is 7.38. The van der Waals surface area contributed by atoms with Crippen LogP contribution in [0, 0.1) is 0 Å². The first-order valence-electron chi connectivity index (χ1n) is 6.25. The molecule has 0 radical (unpaired) electrons. The summed E-state index contributed by atoms with van der Waals surface area (Å²) in [6.45, 7) is 0.337. The van der Waals surface area contributed by atoms with Crippen LogP contribution in [-0.2, 0) is 6.61 Å². The standard InChI is InChI=1S/C16H10Cl3NO/c17-11-4-3-10(14(19)8-11)9-21-15-6-5-13(18)12-2-1-7-20-16(12)15/h1-8H,9H2. The average Bonchev–Trinajstić information content (AvgIpc) is 2.48. The van der Waals surface area contributed by atoms with Gasteiger partial charge in [-0.1, -0.05) is 40.9 Å². The molecule has 0 amide bonds. The quantitative estimate of drug-likeness (QED) is 0.604. The van der Waals surface area contributed by atoms with Gasteiger partial charge in [0.2, 0.25) is 0 Å². The Morgan fingerprint density at radius 2 is 1.81 bits per heavy atom. The lowest BCUT2D eigenvalue weighted by molar-refractivity contribution is 0.309. The molecule has 2 nitrogen and oxygen atoms in total. The first kappa shape index (κ1) is 14.5. The van der Waals surface area contributed by atoms with E-state index in [1.54, 1.807) is 24.4 Å². The van der Waals surface area contributed by atoms with E-state index in [1.165, 1.54) is 0 Å². The van der Waals surface area contributed by atoms with E-state index in [-0.39, 0.29) is 0 Å². The van der Waals surface area contributed by atoms with Crippen LogP contribution in [0.1, 0.15) is 5.56 Å². The monoisotopic (exact) mass is 337 g/mol. The zero-order chi connectivity index (χ0) is 14.8. The summed E-state index contributed by atoms with van der Waals surface area (Å²) in [5.41, 5.74) is 1.59. The SMILES string of the molecule is Clc1ccc(COc2ccc(Cl)c3cccnc23)c(Cl)c1. The summed E-state index contributed by atoms with van der Waals surface area (Å²) in [5, 5.41) is 2.69. The van der Waals surface area contributed by atoms with Crippen molar-refractivity contribution in [2.24, 2.45) is 0 Å². The highest BCUT2D eigenvalue weighted by molar-refractivity contribution is 6.35. The predicted octanol–water partition coefficient (Wildman–Crippen LogP) is 5.77. The Kier molecular flexibility index (Phi) is 4.20. The van der Waals surface area contributed by atoms with Crippen molar-refractivity contribution >= 4 is 45.7 Å². The van der Waals surface area contributed by atoms with Gasteiger partial charge in [0.15, 0.2) is 0 Å². The van der Waals surface area contributed by atoms with Crippen molar-refractivity contribution in [3.63, 3.8) is 0 Å². The molecule has 5 heteroatoms. The number of ether oxygens (including phenoxy) is 1. The second-order valence-corrected chi connectivity index (χ2v) is 5.72. The van der Waals surface area contributed by atoms with Gasteiger partial charge in [0, 0.05) is 27.2 Å². The molecular weight excluding hydrogens is 329 g/mol. The third-order valence-electron chi connectivity index (χ3n) is 3.08. The first-order chi connectivity index (χ1) is 10.1. The fourth-order valence-corrected chi connectivity index (χ4v) is 2.70. The summed E-state index contributed by atoms with van der Waals surface area (Å²) in [4.78, 5) is 4.33. The van der Waals surface area contributed by atoms with E-state index in [2.05, 4.69) is 4.98 Å². The molecule has 1 aromatic heterocycles. The third-order valence-corrected chi connectivity index (χ3v) is 3.99. The number of pyridine rings is 1. The van der Waals surface area contributed by atoms with E-state index in [0.29, 0.717) is 27.4 Å². The Labute approximate surface area is 137 Å². The van der Waals surface area contributed by atoms with E-state index >= 15 is 0 Å². The van der Waals surface area contributed by atoms with E-state index in [0.717, 1.165) is 16.5 Å². The van der Waals surface area contributed by atoms with Crippen LogP contribution in [0.5, 0.6) is 5.75 Å².